The minimum absolute atomic E-state index is 0.0156. The average Bonchev–Trinajstić information content (AvgIpc) is 3.22. The molecule has 3 heteroatoms. The lowest BCUT2D eigenvalue weighted by molar-refractivity contribution is -0.0712. The van der Waals surface area contributed by atoms with Crippen LogP contribution in [0.4, 0.5) is 0 Å². The molecule has 1 aromatic carbocycles. The SMILES string of the molecule is CC.C[C@@]12CC[C@H]3c4ccccc4CC[C@]3(N)[C@@]1(N)CC1(CCCC1)[C@H]2O. The van der Waals surface area contributed by atoms with Gasteiger partial charge in [0.25, 0.3) is 0 Å². The molecule has 5 rings (SSSR count). The van der Waals surface area contributed by atoms with Crippen molar-refractivity contribution in [3.05, 3.63) is 35.4 Å². The minimum Gasteiger partial charge on any atom is -0.392 e. The van der Waals surface area contributed by atoms with Crippen LogP contribution in [0.25, 0.3) is 0 Å². The largest absolute Gasteiger partial charge is 0.392 e. The maximum atomic E-state index is 11.5. The molecule has 0 unspecified atom stereocenters. The van der Waals surface area contributed by atoms with Crippen LogP contribution in [-0.2, 0) is 6.42 Å². The predicted octanol–water partition coefficient (Wildman–Crippen LogP) is 4.26. The number of aliphatic hydroxyl groups is 1. The fraction of sp³-hybridized carbons (Fsp3) is 0.750. The Morgan fingerprint density at radius 1 is 1.00 bits per heavy atom. The first-order valence-electron chi connectivity index (χ1n) is 11.2. The molecule has 0 saturated heterocycles. The first-order chi connectivity index (χ1) is 12.9. The van der Waals surface area contributed by atoms with E-state index in [1.165, 1.54) is 24.0 Å². The Balaban J connectivity index is 0.000000872. The number of benzene rings is 1. The number of aryl methyl sites for hydroxylation is 1. The molecular weight excluding hydrogens is 332 g/mol. The van der Waals surface area contributed by atoms with Crippen molar-refractivity contribution in [2.24, 2.45) is 22.3 Å². The van der Waals surface area contributed by atoms with Gasteiger partial charge in [-0.1, -0.05) is 57.9 Å². The van der Waals surface area contributed by atoms with Gasteiger partial charge < -0.3 is 16.6 Å². The second kappa shape index (κ2) is 6.30. The van der Waals surface area contributed by atoms with Gasteiger partial charge in [-0.2, -0.15) is 0 Å². The summed E-state index contributed by atoms with van der Waals surface area (Å²) in [7, 11) is 0. The molecule has 0 aromatic heterocycles. The maximum absolute atomic E-state index is 11.5. The molecule has 27 heavy (non-hydrogen) atoms. The lowest BCUT2D eigenvalue weighted by Crippen LogP contribution is -2.77. The van der Waals surface area contributed by atoms with Crippen molar-refractivity contribution in [3.63, 3.8) is 0 Å². The Hall–Kier alpha value is -0.900. The van der Waals surface area contributed by atoms with Crippen molar-refractivity contribution >= 4 is 0 Å². The van der Waals surface area contributed by atoms with E-state index in [0.717, 1.165) is 44.9 Å². The molecule has 4 aliphatic carbocycles. The standard InChI is InChI=1S/C22H32N2O.C2H6/c1-19-12-9-17-16-7-3-2-6-15(16)8-13-21(17,23)22(19,24)14-20(18(19)25)10-4-5-11-20;1-2/h2-3,6-7,17-18,25H,4-5,8-14,23-24H2,1H3;1-2H3/t17-,18-,19-,21+,22+;/m0./s1. The van der Waals surface area contributed by atoms with Gasteiger partial charge in [0.15, 0.2) is 0 Å². The van der Waals surface area contributed by atoms with Crippen molar-refractivity contribution in [1.29, 1.82) is 0 Å². The summed E-state index contributed by atoms with van der Waals surface area (Å²) in [5, 5.41) is 11.5. The quantitative estimate of drug-likeness (QED) is 0.639. The second-order valence-corrected chi connectivity index (χ2v) is 9.87. The van der Waals surface area contributed by atoms with Gasteiger partial charge in [-0.3, -0.25) is 0 Å². The normalized spacial score (nSPS) is 44.1. The van der Waals surface area contributed by atoms with Gasteiger partial charge in [0.2, 0.25) is 0 Å². The summed E-state index contributed by atoms with van der Waals surface area (Å²) in [5.41, 5.74) is 16.3. The maximum Gasteiger partial charge on any atom is 0.0668 e. The number of hydrogen-bond donors (Lipinski definition) is 3. The fourth-order valence-electron chi connectivity index (χ4n) is 7.65. The highest BCUT2D eigenvalue weighted by Gasteiger charge is 2.74. The molecule has 0 bridgehead atoms. The van der Waals surface area contributed by atoms with Crippen LogP contribution in [0.5, 0.6) is 0 Å². The fourth-order valence-corrected chi connectivity index (χ4v) is 7.65. The Morgan fingerprint density at radius 2 is 1.67 bits per heavy atom. The van der Waals surface area contributed by atoms with Crippen LogP contribution in [0.15, 0.2) is 24.3 Å². The van der Waals surface area contributed by atoms with E-state index in [1.807, 2.05) is 13.8 Å². The highest BCUT2D eigenvalue weighted by Crippen LogP contribution is 2.69. The van der Waals surface area contributed by atoms with Crippen LogP contribution in [0.2, 0.25) is 0 Å². The van der Waals surface area contributed by atoms with Gasteiger partial charge in [-0.05, 0) is 61.5 Å². The number of aliphatic hydroxyl groups excluding tert-OH is 1. The Morgan fingerprint density at radius 3 is 2.37 bits per heavy atom. The summed E-state index contributed by atoms with van der Waals surface area (Å²) < 4.78 is 0. The molecule has 3 nitrogen and oxygen atoms in total. The molecule has 150 valence electrons. The molecule has 5 atom stereocenters. The summed E-state index contributed by atoms with van der Waals surface area (Å²) in [5.74, 6) is 0.333. The molecule has 1 spiro atoms. The van der Waals surface area contributed by atoms with E-state index < -0.39 is 11.1 Å². The monoisotopic (exact) mass is 370 g/mol. The molecule has 0 heterocycles. The number of nitrogens with two attached hydrogens (primary N) is 2. The highest BCUT2D eigenvalue weighted by molar-refractivity contribution is 5.43. The molecular formula is C24H38N2O. The summed E-state index contributed by atoms with van der Waals surface area (Å²) in [6.45, 7) is 6.25. The third-order valence-electron chi connectivity index (χ3n) is 9.08. The van der Waals surface area contributed by atoms with Crippen LogP contribution < -0.4 is 11.5 Å². The van der Waals surface area contributed by atoms with Crippen molar-refractivity contribution in [2.45, 2.75) is 102 Å². The smallest absolute Gasteiger partial charge is 0.0668 e. The van der Waals surface area contributed by atoms with Gasteiger partial charge in [-0.25, -0.2) is 0 Å². The van der Waals surface area contributed by atoms with Gasteiger partial charge in [-0.15, -0.1) is 0 Å². The summed E-state index contributed by atoms with van der Waals surface area (Å²) in [6.07, 6.45) is 9.32. The zero-order valence-electron chi connectivity index (χ0n) is 17.4. The van der Waals surface area contributed by atoms with E-state index in [9.17, 15) is 5.11 Å². The summed E-state index contributed by atoms with van der Waals surface area (Å²) in [4.78, 5) is 0. The molecule has 3 fully saturated rings. The first-order valence-corrected chi connectivity index (χ1v) is 11.2. The number of hydrogen-bond acceptors (Lipinski definition) is 3. The van der Waals surface area contributed by atoms with Gasteiger partial charge in [0, 0.05) is 22.4 Å². The molecule has 1 aromatic rings. The lowest BCUT2D eigenvalue weighted by Gasteiger charge is -2.62. The first kappa shape index (κ1) is 19.4. The van der Waals surface area contributed by atoms with E-state index in [0.29, 0.717) is 5.92 Å². The molecule has 4 aliphatic rings. The topological polar surface area (TPSA) is 72.3 Å². The third kappa shape index (κ3) is 2.25. The van der Waals surface area contributed by atoms with Gasteiger partial charge >= 0.3 is 0 Å². The van der Waals surface area contributed by atoms with Gasteiger partial charge in [0.05, 0.1) is 6.10 Å². The second-order valence-electron chi connectivity index (χ2n) is 9.87. The summed E-state index contributed by atoms with van der Waals surface area (Å²) >= 11 is 0. The van der Waals surface area contributed by atoms with Crippen LogP contribution in [0, 0.1) is 10.8 Å². The van der Waals surface area contributed by atoms with Crippen LogP contribution >= 0.6 is 0 Å². The zero-order chi connectivity index (χ0) is 19.5. The Bertz CT molecular complexity index is 712. The number of rotatable bonds is 0. The Labute approximate surface area is 164 Å². The Kier molecular flexibility index (Phi) is 4.53. The summed E-state index contributed by atoms with van der Waals surface area (Å²) in [6, 6.07) is 8.81. The molecule has 3 saturated carbocycles. The molecule has 0 aliphatic heterocycles. The van der Waals surface area contributed by atoms with E-state index in [4.69, 9.17) is 11.5 Å². The van der Waals surface area contributed by atoms with Crippen LogP contribution in [-0.4, -0.2) is 22.3 Å². The predicted molar refractivity (Wildman–Crippen MR) is 112 cm³/mol. The third-order valence-corrected chi connectivity index (χ3v) is 9.08. The average molecular weight is 371 g/mol. The minimum atomic E-state index is -0.472. The van der Waals surface area contributed by atoms with Gasteiger partial charge in [0.1, 0.15) is 0 Å². The van der Waals surface area contributed by atoms with Crippen molar-refractivity contribution in [3.8, 4) is 0 Å². The van der Waals surface area contributed by atoms with Crippen molar-refractivity contribution < 1.29 is 5.11 Å². The van der Waals surface area contributed by atoms with Crippen molar-refractivity contribution in [2.75, 3.05) is 0 Å². The van der Waals surface area contributed by atoms with E-state index >= 15 is 0 Å². The number of fused-ring (bicyclic) bond motifs is 5. The zero-order valence-corrected chi connectivity index (χ0v) is 17.4. The molecule has 0 amide bonds. The van der Waals surface area contributed by atoms with Crippen LogP contribution in [0.1, 0.15) is 89.2 Å². The molecule has 5 N–H and O–H groups in total. The van der Waals surface area contributed by atoms with E-state index in [-0.39, 0.29) is 16.9 Å². The molecule has 0 radical (unpaired) electrons. The van der Waals surface area contributed by atoms with E-state index in [1.54, 1.807) is 0 Å². The van der Waals surface area contributed by atoms with E-state index in [2.05, 4.69) is 31.2 Å². The van der Waals surface area contributed by atoms with Crippen molar-refractivity contribution in [1.82, 2.24) is 0 Å². The lowest BCUT2D eigenvalue weighted by atomic mass is 9.48. The van der Waals surface area contributed by atoms with Crippen LogP contribution in [0.3, 0.4) is 0 Å². The highest BCUT2D eigenvalue weighted by atomic mass is 16.3.